The van der Waals surface area contributed by atoms with Crippen molar-refractivity contribution in [2.45, 2.75) is 45.1 Å². The van der Waals surface area contributed by atoms with E-state index in [9.17, 15) is 5.11 Å². The van der Waals surface area contributed by atoms with Gasteiger partial charge in [0, 0.05) is 25.0 Å². The molecule has 1 aliphatic carbocycles. The van der Waals surface area contributed by atoms with E-state index in [0.717, 1.165) is 11.5 Å². The fraction of sp³-hybridized carbons (Fsp3) is 0.692. The van der Waals surface area contributed by atoms with Gasteiger partial charge in [-0.25, -0.2) is 4.98 Å². The van der Waals surface area contributed by atoms with Gasteiger partial charge in [-0.1, -0.05) is 19.3 Å². The highest BCUT2D eigenvalue weighted by molar-refractivity contribution is 5.43. The van der Waals surface area contributed by atoms with E-state index in [2.05, 4.69) is 14.9 Å². The molecule has 4 heteroatoms. The number of anilines is 1. The lowest BCUT2D eigenvalue weighted by Gasteiger charge is -2.35. The van der Waals surface area contributed by atoms with Crippen LogP contribution in [0.1, 0.15) is 37.8 Å². The van der Waals surface area contributed by atoms with Gasteiger partial charge >= 0.3 is 0 Å². The topological polar surface area (TPSA) is 49.2 Å². The van der Waals surface area contributed by atoms with Crippen molar-refractivity contribution < 1.29 is 5.11 Å². The minimum atomic E-state index is 0.173. The SMILES string of the molecule is Cc1nccnc1N(CCO)C1CCCCC1. The van der Waals surface area contributed by atoms with Crippen LogP contribution in [0.2, 0.25) is 0 Å². The highest BCUT2D eigenvalue weighted by Crippen LogP contribution is 2.26. The lowest BCUT2D eigenvalue weighted by Crippen LogP contribution is -2.40. The average Bonchev–Trinajstić information content (AvgIpc) is 2.38. The van der Waals surface area contributed by atoms with Gasteiger partial charge in [0.25, 0.3) is 0 Å². The second kappa shape index (κ2) is 5.96. The van der Waals surface area contributed by atoms with Crippen LogP contribution in [0, 0.1) is 6.92 Å². The van der Waals surface area contributed by atoms with Gasteiger partial charge in [-0.15, -0.1) is 0 Å². The molecule has 0 aliphatic heterocycles. The van der Waals surface area contributed by atoms with Crippen molar-refractivity contribution in [3.05, 3.63) is 18.1 Å². The van der Waals surface area contributed by atoms with Gasteiger partial charge in [-0.05, 0) is 19.8 Å². The van der Waals surface area contributed by atoms with Gasteiger partial charge in [0.15, 0.2) is 0 Å². The normalized spacial score (nSPS) is 17.1. The molecule has 0 amide bonds. The summed E-state index contributed by atoms with van der Waals surface area (Å²) in [5, 5.41) is 9.23. The van der Waals surface area contributed by atoms with Gasteiger partial charge in [-0.3, -0.25) is 4.98 Å². The maximum atomic E-state index is 9.23. The lowest BCUT2D eigenvalue weighted by molar-refractivity contribution is 0.289. The number of aliphatic hydroxyl groups excluding tert-OH is 1. The van der Waals surface area contributed by atoms with Crippen LogP contribution >= 0.6 is 0 Å². The second-order valence-corrected chi connectivity index (χ2v) is 4.67. The Morgan fingerprint density at radius 1 is 1.24 bits per heavy atom. The van der Waals surface area contributed by atoms with Gasteiger partial charge < -0.3 is 10.0 Å². The summed E-state index contributed by atoms with van der Waals surface area (Å²) in [5.74, 6) is 0.938. The molecule has 94 valence electrons. The first-order valence-corrected chi connectivity index (χ1v) is 6.48. The molecule has 1 aromatic heterocycles. The average molecular weight is 235 g/mol. The molecule has 1 saturated carbocycles. The summed E-state index contributed by atoms with van der Waals surface area (Å²) >= 11 is 0. The van der Waals surface area contributed by atoms with Gasteiger partial charge in [0.2, 0.25) is 0 Å². The number of hydrogen-bond donors (Lipinski definition) is 1. The minimum Gasteiger partial charge on any atom is -0.395 e. The van der Waals surface area contributed by atoms with Crippen LogP contribution in [0.3, 0.4) is 0 Å². The van der Waals surface area contributed by atoms with E-state index in [1.165, 1.54) is 32.1 Å². The molecule has 1 heterocycles. The predicted octanol–water partition coefficient (Wildman–Crippen LogP) is 1.92. The molecule has 4 nitrogen and oxygen atoms in total. The number of nitrogens with zero attached hydrogens (tertiary/aromatic N) is 3. The molecular weight excluding hydrogens is 214 g/mol. The molecule has 0 bridgehead atoms. The fourth-order valence-electron chi connectivity index (χ4n) is 2.64. The zero-order valence-electron chi connectivity index (χ0n) is 10.5. The summed E-state index contributed by atoms with van der Waals surface area (Å²) in [4.78, 5) is 11.0. The molecule has 0 spiro atoms. The van der Waals surface area contributed by atoms with E-state index in [-0.39, 0.29) is 6.61 Å². The predicted molar refractivity (Wildman–Crippen MR) is 68.1 cm³/mol. The third kappa shape index (κ3) is 2.94. The zero-order chi connectivity index (χ0) is 12.1. The van der Waals surface area contributed by atoms with E-state index >= 15 is 0 Å². The van der Waals surface area contributed by atoms with Crippen molar-refractivity contribution in [2.75, 3.05) is 18.1 Å². The zero-order valence-corrected chi connectivity index (χ0v) is 10.5. The summed E-state index contributed by atoms with van der Waals surface area (Å²) < 4.78 is 0. The molecule has 2 rings (SSSR count). The standard InChI is InChI=1S/C13H21N3O/c1-11-13(15-8-7-14-11)16(9-10-17)12-5-3-2-4-6-12/h7-8,12,17H,2-6,9-10H2,1H3. The molecule has 0 atom stereocenters. The lowest BCUT2D eigenvalue weighted by atomic mass is 9.94. The number of aliphatic hydroxyl groups is 1. The van der Waals surface area contributed by atoms with Crippen molar-refractivity contribution in [3.63, 3.8) is 0 Å². The summed E-state index contributed by atoms with van der Waals surface area (Å²) in [5.41, 5.74) is 0.950. The van der Waals surface area contributed by atoms with Crippen LogP contribution in [0.15, 0.2) is 12.4 Å². The Morgan fingerprint density at radius 3 is 2.59 bits per heavy atom. The maximum absolute atomic E-state index is 9.23. The van der Waals surface area contributed by atoms with E-state index in [1.54, 1.807) is 12.4 Å². The van der Waals surface area contributed by atoms with Gasteiger partial charge in [0.05, 0.1) is 12.3 Å². The number of rotatable bonds is 4. The Kier molecular flexibility index (Phi) is 4.31. The van der Waals surface area contributed by atoms with Crippen LogP contribution in [0.5, 0.6) is 0 Å². The van der Waals surface area contributed by atoms with Crippen molar-refractivity contribution in [3.8, 4) is 0 Å². The summed E-state index contributed by atoms with van der Waals surface area (Å²) in [6, 6.07) is 0.520. The molecule has 1 fully saturated rings. The smallest absolute Gasteiger partial charge is 0.150 e. The fourth-order valence-corrected chi connectivity index (χ4v) is 2.64. The third-order valence-electron chi connectivity index (χ3n) is 3.48. The summed E-state index contributed by atoms with van der Waals surface area (Å²) in [6.45, 7) is 2.81. The molecule has 0 radical (unpaired) electrons. The van der Waals surface area contributed by atoms with Crippen LogP contribution < -0.4 is 4.90 Å². The summed E-state index contributed by atoms with van der Waals surface area (Å²) in [7, 11) is 0. The number of aryl methyl sites for hydroxylation is 1. The number of aromatic nitrogens is 2. The van der Waals surface area contributed by atoms with Crippen LogP contribution in [0.4, 0.5) is 5.82 Å². The van der Waals surface area contributed by atoms with Crippen LogP contribution in [0.25, 0.3) is 0 Å². The Labute approximate surface area is 103 Å². The number of hydrogen-bond acceptors (Lipinski definition) is 4. The monoisotopic (exact) mass is 235 g/mol. The first-order chi connectivity index (χ1) is 8.33. The third-order valence-corrected chi connectivity index (χ3v) is 3.48. The molecule has 0 aromatic carbocycles. The first-order valence-electron chi connectivity index (χ1n) is 6.48. The molecular formula is C13H21N3O. The van der Waals surface area contributed by atoms with E-state index in [1.807, 2.05) is 6.92 Å². The highest BCUT2D eigenvalue weighted by Gasteiger charge is 2.23. The van der Waals surface area contributed by atoms with Gasteiger partial charge in [-0.2, -0.15) is 0 Å². The molecule has 1 N–H and O–H groups in total. The Balaban J connectivity index is 2.18. The van der Waals surface area contributed by atoms with Crippen LogP contribution in [-0.2, 0) is 0 Å². The minimum absolute atomic E-state index is 0.173. The van der Waals surface area contributed by atoms with Crippen molar-refractivity contribution >= 4 is 5.82 Å². The van der Waals surface area contributed by atoms with Gasteiger partial charge in [0.1, 0.15) is 5.82 Å². The Hall–Kier alpha value is -1.16. The molecule has 1 aliphatic rings. The van der Waals surface area contributed by atoms with Crippen molar-refractivity contribution in [1.29, 1.82) is 0 Å². The van der Waals surface area contributed by atoms with E-state index in [0.29, 0.717) is 12.6 Å². The molecule has 0 saturated heterocycles. The maximum Gasteiger partial charge on any atom is 0.150 e. The Bertz CT molecular complexity index is 350. The summed E-state index contributed by atoms with van der Waals surface area (Å²) in [6.07, 6.45) is 9.76. The molecule has 1 aromatic rings. The van der Waals surface area contributed by atoms with Crippen LogP contribution in [-0.4, -0.2) is 34.3 Å². The quantitative estimate of drug-likeness (QED) is 0.866. The molecule has 17 heavy (non-hydrogen) atoms. The molecule has 0 unspecified atom stereocenters. The Morgan fingerprint density at radius 2 is 1.94 bits per heavy atom. The highest BCUT2D eigenvalue weighted by atomic mass is 16.3. The first kappa shape index (κ1) is 12.3. The van der Waals surface area contributed by atoms with E-state index < -0.39 is 0 Å². The second-order valence-electron chi connectivity index (χ2n) is 4.67. The van der Waals surface area contributed by atoms with Crippen molar-refractivity contribution in [2.24, 2.45) is 0 Å². The largest absolute Gasteiger partial charge is 0.395 e. The van der Waals surface area contributed by atoms with Crippen molar-refractivity contribution in [1.82, 2.24) is 9.97 Å². The van der Waals surface area contributed by atoms with E-state index in [4.69, 9.17) is 0 Å².